The Labute approximate surface area is 88.1 Å². The second-order valence-corrected chi connectivity index (χ2v) is 3.92. The third-order valence-electron chi connectivity index (χ3n) is 1.60. The minimum Gasteiger partial charge on any atom is -0.383 e. The van der Waals surface area contributed by atoms with Crippen molar-refractivity contribution >= 4 is 11.8 Å². The Kier molecular flexibility index (Phi) is 3.98. The van der Waals surface area contributed by atoms with E-state index in [2.05, 4.69) is 0 Å². The molecule has 0 aliphatic carbocycles. The molecule has 0 fully saturated rings. The first-order valence-electron chi connectivity index (χ1n) is 4.03. The average molecular weight is 240 g/mol. The molecule has 1 aromatic rings. The predicted octanol–water partition coefficient (Wildman–Crippen LogP) is 2.84. The molecule has 0 amide bonds. The van der Waals surface area contributed by atoms with E-state index in [0.29, 0.717) is 4.90 Å². The zero-order valence-corrected chi connectivity index (χ0v) is 8.28. The summed E-state index contributed by atoms with van der Waals surface area (Å²) in [6.07, 6.45) is -6.96. The Morgan fingerprint density at radius 2 is 1.73 bits per heavy atom. The first-order chi connectivity index (χ1) is 6.89. The number of rotatable bonds is 3. The van der Waals surface area contributed by atoms with E-state index in [1.807, 2.05) is 0 Å². The zero-order valence-electron chi connectivity index (χ0n) is 7.46. The van der Waals surface area contributed by atoms with E-state index in [4.69, 9.17) is 5.11 Å². The largest absolute Gasteiger partial charge is 0.415 e. The SMILES string of the molecule is OC(CSc1ccc(F)cc1)C(F)(F)F. The third-order valence-corrected chi connectivity index (χ3v) is 2.69. The molecule has 0 spiro atoms. The van der Waals surface area contributed by atoms with Gasteiger partial charge in [0.05, 0.1) is 0 Å². The Balaban J connectivity index is 2.47. The summed E-state index contributed by atoms with van der Waals surface area (Å²) in [6, 6.07) is 5.04. The van der Waals surface area contributed by atoms with Crippen molar-refractivity contribution in [2.75, 3.05) is 5.75 Å². The maximum absolute atomic E-state index is 12.4. The molecule has 1 unspecified atom stereocenters. The van der Waals surface area contributed by atoms with Crippen molar-refractivity contribution < 1.29 is 22.7 Å². The fourth-order valence-electron chi connectivity index (χ4n) is 0.800. The summed E-state index contributed by atoms with van der Waals surface area (Å²) >= 11 is 0.827. The van der Waals surface area contributed by atoms with Crippen LogP contribution < -0.4 is 0 Å². The van der Waals surface area contributed by atoms with Crippen molar-refractivity contribution in [3.63, 3.8) is 0 Å². The maximum atomic E-state index is 12.4. The van der Waals surface area contributed by atoms with Crippen LogP contribution in [-0.2, 0) is 0 Å². The molecule has 15 heavy (non-hydrogen) atoms. The van der Waals surface area contributed by atoms with Crippen molar-refractivity contribution in [2.24, 2.45) is 0 Å². The molecule has 1 nitrogen and oxygen atoms in total. The lowest BCUT2D eigenvalue weighted by molar-refractivity contribution is -0.195. The molecule has 0 aromatic heterocycles. The van der Waals surface area contributed by atoms with E-state index in [0.717, 1.165) is 23.9 Å². The van der Waals surface area contributed by atoms with Crippen LogP contribution >= 0.6 is 11.8 Å². The highest BCUT2D eigenvalue weighted by atomic mass is 32.2. The van der Waals surface area contributed by atoms with Gasteiger partial charge in [-0.25, -0.2) is 4.39 Å². The number of thioether (sulfide) groups is 1. The lowest BCUT2D eigenvalue weighted by Crippen LogP contribution is -2.30. The van der Waals surface area contributed by atoms with E-state index in [-0.39, 0.29) is 0 Å². The van der Waals surface area contributed by atoms with Gasteiger partial charge in [0.15, 0.2) is 6.10 Å². The Hall–Kier alpha value is -0.750. The quantitative estimate of drug-likeness (QED) is 0.647. The monoisotopic (exact) mass is 240 g/mol. The first-order valence-corrected chi connectivity index (χ1v) is 5.01. The topological polar surface area (TPSA) is 20.2 Å². The Morgan fingerprint density at radius 3 is 2.20 bits per heavy atom. The molecule has 0 saturated heterocycles. The number of aliphatic hydroxyl groups is 1. The summed E-state index contributed by atoms with van der Waals surface area (Å²) < 4.78 is 48.1. The van der Waals surface area contributed by atoms with Gasteiger partial charge in [-0.2, -0.15) is 13.2 Å². The smallest absolute Gasteiger partial charge is 0.383 e. The normalized spacial score (nSPS) is 13.9. The molecule has 0 saturated carbocycles. The van der Waals surface area contributed by atoms with Gasteiger partial charge in [0.2, 0.25) is 0 Å². The first kappa shape index (κ1) is 12.3. The second-order valence-electron chi connectivity index (χ2n) is 2.82. The fourth-order valence-corrected chi connectivity index (χ4v) is 1.67. The van der Waals surface area contributed by atoms with Gasteiger partial charge in [-0.3, -0.25) is 0 Å². The van der Waals surface area contributed by atoms with E-state index in [1.54, 1.807) is 0 Å². The van der Waals surface area contributed by atoms with Crippen LogP contribution in [0.3, 0.4) is 0 Å². The summed E-state index contributed by atoms with van der Waals surface area (Å²) in [4.78, 5) is 0.486. The summed E-state index contributed by atoms with van der Waals surface area (Å²) in [7, 11) is 0. The number of halogens is 4. The minimum atomic E-state index is -4.60. The molecule has 6 heteroatoms. The van der Waals surface area contributed by atoms with Gasteiger partial charge in [0, 0.05) is 10.6 Å². The highest BCUT2D eigenvalue weighted by Gasteiger charge is 2.37. The maximum Gasteiger partial charge on any atom is 0.415 e. The van der Waals surface area contributed by atoms with E-state index in [1.165, 1.54) is 12.1 Å². The molecule has 1 aromatic carbocycles. The molecule has 0 aliphatic heterocycles. The van der Waals surface area contributed by atoms with Crippen LogP contribution in [0.25, 0.3) is 0 Å². The van der Waals surface area contributed by atoms with Crippen LogP contribution in [0, 0.1) is 5.82 Å². The molecular formula is C9H8F4OS. The standard InChI is InChI=1S/C9H8F4OS/c10-6-1-3-7(4-2-6)15-5-8(14)9(11,12)13/h1-4,8,14H,5H2. The lowest BCUT2D eigenvalue weighted by atomic mass is 10.3. The van der Waals surface area contributed by atoms with Crippen LogP contribution in [0.2, 0.25) is 0 Å². The number of benzene rings is 1. The zero-order chi connectivity index (χ0) is 11.5. The van der Waals surface area contributed by atoms with Gasteiger partial charge < -0.3 is 5.11 Å². The van der Waals surface area contributed by atoms with Gasteiger partial charge in [-0.1, -0.05) is 0 Å². The number of hydrogen-bond acceptors (Lipinski definition) is 2. The predicted molar refractivity (Wildman–Crippen MR) is 49.2 cm³/mol. The van der Waals surface area contributed by atoms with E-state index >= 15 is 0 Å². The van der Waals surface area contributed by atoms with Crippen LogP contribution in [0.4, 0.5) is 17.6 Å². The number of hydrogen-bond donors (Lipinski definition) is 1. The molecule has 84 valence electrons. The van der Waals surface area contributed by atoms with E-state index in [9.17, 15) is 17.6 Å². The fraction of sp³-hybridized carbons (Fsp3) is 0.333. The molecule has 0 heterocycles. The average Bonchev–Trinajstić information content (AvgIpc) is 2.15. The highest BCUT2D eigenvalue weighted by molar-refractivity contribution is 7.99. The lowest BCUT2D eigenvalue weighted by Gasteiger charge is -2.13. The van der Waals surface area contributed by atoms with Crippen molar-refractivity contribution in [2.45, 2.75) is 17.2 Å². The summed E-state index contributed by atoms with van der Waals surface area (Å²) in [6.45, 7) is 0. The highest BCUT2D eigenvalue weighted by Crippen LogP contribution is 2.26. The Bertz CT molecular complexity index is 309. The van der Waals surface area contributed by atoms with E-state index < -0.39 is 23.9 Å². The van der Waals surface area contributed by atoms with Gasteiger partial charge in [-0.15, -0.1) is 11.8 Å². The number of alkyl halides is 3. The van der Waals surface area contributed by atoms with Gasteiger partial charge in [0.25, 0.3) is 0 Å². The molecule has 0 aliphatic rings. The van der Waals surface area contributed by atoms with Gasteiger partial charge >= 0.3 is 6.18 Å². The third kappa shape index (κ3) is 4.09. The van der Waals surface area contributed by atoms with Crippen LogP contribution in [-0.4, -0.2) is 23.1 Å². The molecule has 0 bridgehead atoms. The van der Waals surface area contributed by atoms with Crippen LogP contribution in [0.15, 0.2) is 29.2 Å². The molecular weight excluding hydrogens is 232 g/mol. The molecule has 1 N–H and O–H groups in total. The summed E-state index contributed by atoms with van der Waals surface area (Å²) in [5.41, 5.74) is 0. The van der Waals surface area contributed by atoms with Crippen molar-refractivity contribution in [1.29, 1.82) is 0 Å². The van der Waals surface area contributed by atoms with Gasteiger partial charge in [-0.05, 0) is 24.3 Å². The van der Waals surface area contributed by atoms with Crippen molar-refractivity contribution in [3.8, 4) is 0 Å². The number of aliphatic hydroxyl groups excluding tert-OH is 1. The van der Waals surface area contributed by atoms with Crippen molar-refractivity contribution in [1.82, 2.24) is 0 Å². The molecule has 1 atom stereocenters. The van der Waals surface area contributed by atoms with Gasteiger partial charge in [0.1, 0.15) is 5.82 Å². The Morgan fingerprint density at radius 1 is 1.20 bits per heavy atom. The minimum absolute atomic E-state index is 0.448. The van der Waals surface area contributed by atoms with Crippen molar-refractivity contribution in [3.05, 3.63) is 30.1 Å². The summed E-state index contributed by atoms with van der Waals surface area (Å²) in [5.74, 6) is -0.939. The molecule has 0 radical (unpaired) electrons. The molecule has 1 rings (SSSR count). The summed E-state index contributed by atoms with van der Waals surface area (Å²) in [5, 5.41) is 8.68. The van der Waals surface area contributed by atoms with Crippen LogP contribution in [0.1, 0.15) is 0 Å². The second kappa shape index (κ2) is 4.85. The van der Waals surface area contributed by atoms with Crippen LogP contribution in [0.5, 0.6) is 0 Å².